The molecule has 2 heteroatoms. The van der Waals surface area contributed by atoms with Crippen LogP contribution in [0.3, 0.4) is 0 Å². The topological polar surface area (TPSA) is 12.0 Å². The molecule has 16 heavy (non-hydrogen) atoms. The minimum Gasteiger partial charge on any atom is -0.382 e. The van der Waals surface area contributed by atoms with Crippen LogP contribution < -0.4 is 5.32 Å². The van der Waals surface area contributed by atoms with Crippen LogP contribution in [0.25, 0.3) is 0 Å². The van der Waals surface area contributed by atoms with Gasteiger partial charge in [0.1, 0.15) is 5.82 Å². The second-order valence-electron chi connectivity index (χ2n) is 5.54. The monoisotopic (exact) mass is 221 g/mol. The van der Waals surface area contributed by atoms with Crippen molar-refractivity contribution in [2.45, 2.75) is 46.1 Å². The number of hydrogen-bond donors (Lipinski definition) is 1. The Kier molecular flexibility index (Phi) is 2.92. The van der Waals surface area contributed by atoms with Gasteiger partial charge in [-0.15, -0.1) is 0 Å². The number of rotatable bonds is 2. The second-order valence-corrected chi connectivity index (χ2v) is 5.54. The predicted octanol–water partition coefficient (Wildman–Crippen LogP) is 4.12. The molecule has 1 nitrogen and oxygen atoms in total. The highest BCUT2D eigenvalue weighted by Crippen LogP contribution is 2.39. The molecule has 0 saturated heterocycles. The lowest BCUT2D eigenvalue weighted by molar-refractivity contribution is 0.350. The van der Waals surface area contributed by atoms with Crippen LogP contribution in [-0.4, -0.2) is 6.04 Å². The van der Waals surface area contributed by atoms with Crippen LogP contribution in [0.2, 0.25) is 0 Å². The number of halogens is 1. The van der Waals surface area contributed by atoms with Gasteiger partial charge in [-0.1, -0.05) is 20.3 Å². The van der Waals surface area contributed by atoms with E-state index in [1.807, 2.05) is 12.1 Å². The highest BCUT2D eigenvalue weighted by Gasteiger charge is 2.34. The van der Waals surface area contributed by atoms with E-state index in [0.717, 1.165) is 5.69 Å². The van der Waals surface area contributed by atoms with Gasteiger partial charge in [-0.05, 0) is 48.9 Å². The quantitative estimate of drug-likeness (QED) is 0.792. The molecule has 0 heterocycles. The van der Waals surface area contributed by atoms with Crippen molar-refractivity contribution >= 4 is 5.69 Å². The summed E-state index contributed by atoms with van der Waals surface area (Å²) in [5.41, 5.74) is 2.10. The van der Waals surface area contributed by atoms with Crippen LogP contribution in [0, 0.1) is 18.2 Å². The van der Waals surface area contributed by atoms with E-state index in [1.165, 1.54) is 19.3 Å². The molecule has 1 atom stereocenters. The molecule has 1 saturated carbocycles. The Balaban J connectivity index is 2.12. The molecule has 1 aliphatic rings. The zero-order chi connectivity index (χ0) is 11.8. The average molecular weight is 221 g/mol. The third kappa shape index (κ3) is 2.21. The molecule has 2 rings (SSSR count). The van der Waals surface area contributed by atoms with Gasteiger partial charge in [0.25, 0.3) is 0 Å². The van der Waals surface area contributed by atoms with Gasteiger partial charge in [0.2, 0.25) is 0 Å². The smallest absolute Gasteiger partial charge is 0.126 e. The predicted molar refractivity (Wildman–Crippen MR) is 66.2 cm³/mol. The fourth-order valence-electron chi connectivity index (χ4n) is 2.53. The van der Waals surface area contributed by atoms with E-state index < -0.39 is 0 Å². The molecule has 1 N–H and O–H groups in total. The summed E-state index contributed by atoms with van der Waals surface area (Å²) >= 11 is 0. The molecule has 0 aliphatic heterocycles. The third-order valence-corrected chi connectivity index (χ3v) is 3.76. The molecule has 0 spiro atoms. The summed E-state index contributed by atoms with van der Waals surface area (Å²) in [6.45, 7) is 6.41. The lowest BCUT2D eigenvalue weighted by atomic mass is 9.87. The maximum absolute atomic E-state index is 13.1. The molecular formula is C14H20FN. The van der Waals surface area contributed by atoms with Gasteiger partial charge in [0.05, 0.1) is 0 Å². The average Bonchev–Trinajstić information content (AvgIpc) is 2.52. The van der Waals surface area contributed by atoms with E-state index in [2.05, 4.69) is 19.2 Å². The maximum Gasteiger partial charge on any atom is 0.126 e. The number of nitrogens with one attached hydrogen (secondary N) is 1. The zero-order valence-corrected chi connectivity index (χ0v) is 10.3. The molecule has 1 unspecified atom stereocenters. The highest BCUT2D eigenvalue weighted by molar-refractivity contribution is 5.47. The molecule has 0 aromatic heterocycles. The normalized spacial score (nSPS) is 23.4. The molecule has 88 valence electrons. The first-order valence-electron chi connectivity index (χ1n) is 6.02. The standard InChI is InChI=1S/C14H20FN/c1-10-9-11(6-7-12(10)15)16-13-5-4-8-14(13,2)3/h6-7,9,13,16H,4-5,8H2,1-3H3. The van der Waals surface area contributed by atoms with E-state index in [0.29, 0.717) is 17.0 Å². The van der Waals surface area contributed by atoms with Crippen molar-refractivity contribution in [1.82, 2.24) is 0 Å². The summed E-state index contributed by atoms with van der Waals surface area (Å²) in [6.07, 6.45) is 3.76. The third-order valence-electron chi connectivity index (χ3n) is 3.76. The van der Waals surface area contributed by atoms with Crippen molar-refractivity contribution in [3.63, 3.8) is 0 Å². The second kappa shape index (κ2) is 4.08. The van der Waals surface area contributed by atoms with Gasteiger partial charge < -0.3 is 5.32 Å². The van der Waals surface area contributed by atoms with E-state index in [9.17, 15) is 4.39 Å². The minimum atomic E-state index is -0.128. The van der Waals surface area contributed by atoms with Crippen LogP contribution in [0.15, 0.2) is 18.2 Å². The molecule has 1 aromatic carbocycles. The lowest BCUT2D eigenvalue weighted by Crippen LogP contribution is -2.30. The van der Waals surface area contributed by atoms with Crippen molar-refractivity contribution in [1.29, 1.82) is 0 Å². The zero-order valence-electron chi connectivity index (χ0n) is 10.3. The molecule has 0 radical (unpaired) electrons. The van der Waals surface area contributed by atoms with Gasteiger partial charge in [0, 0.05) is 11.7 Å². The molecule has 0 bridgehead atoms. The van der Waals surface area contributed by atoms with Crippen LogP contribution in [0.1, 0.15) is 38.7 Å². The van der Waals surface area contributed by atoms with Crippen LogP contribution in [0.4, 0.5) is 10.1 Å². The van der Waals surface area contributed by atoms with E-state index in [-0.39, 0.29) is 5.82 Å². The van der Waals surface area contributed by atoms with Crippen molar-refractivity contribution in [3.8, 4) is 0 Å². The Hall–Kier alpha value is -1.05. The van der Waals surface area contributed by atoms with E-state index in [1.54, 1.807) is 13.0 Å². The SMILES string of the molecule is Cc1cc(NC2CCCC2(C)C)ccc1F. The Morgan fingerprint density at radius 2 is 2.12 bits per heavy atom. The Labute approximate surface area is 97.1 Å². The number of benzene rings is 1. The van der Waals surface area contributed by atoms with Gasteiger partial charge in [0.15, 0.2) is 0 Å². The fraction of sp³-hybridized carbons (Fsp3) is 0.571. The van der Waals surface area contributed by atoms with Gasteiger partial charge in [-0.25, -0.2) is 4.39 Å². The Bertz CT molecular complexity index is 384. The van der Waals surface area contributed by atoms with Crippen molar-refractivity contribution in [2.24, 2.45) is 5.41 Å². The summed E-state index contributed by atoms with van der Waals surface area (Å²) < 4.78 is 13.1. The van der Waals surface area contributed by atoms with Gasteiger partial charge >= 0.3 is 0 Å². The molecule has 0 amide bonds. The van der Waals surface area contributed by atoms with Gasteiger partial charge in [-0.2, -0.15) is 0 Å². The summed E-state index contributed by atoms with van der Waals surface area (Å²) in [6, 6.07) is 5.78. The number of anilines is 1. The van der Waals surface area contributed by atoms with E-state index in [4.69, 9.17) is 0 Å². The Morgan fingerprint density at radius 3 is 2.69 bits per heavy atom. The molecule has 1 aliphatic carbocycles. The summed E-state index contributed by atoms with van der Waals surface area (Å²) in [5.74, 6) is -0.128. The lowest BCUT2D eigenvalue weighted by Gasteiger charge is -2.28. The van der Waals surface area contributed by atoms with Crippen LogP contribution >= 0.6 is 0 Å². The first kappa shape index (κ1) is 11.4. The van der Waals surface area contributed by atoms with Crippen LogP contribution in [-0.2, 0) is 0 Å². The van der Waals surface area contributed by atoms with Crippen molar-refractivity contribution < 1.29 is 4.39 Å². The maximum atomic E-state index is 13.1. The minimum absolute atomic E-state index is 0.128. The highest BCUT2D eigenvalue weighted by atomic mass is 19.1. The Morgan fingerprint density at radius 1 is 1.38 bits per heavy atom. The molecular weight excluding hydrogens is 201 g/mol. The largest absolute Gasteiger partial charge is 0.382 e. The van der Waals surface area contributed by atoms with E-state index >= 15 is 0 Å². The summed E-state index contributed by atoms with van der Waals surface area (Å²) in [7, 11) is 0. The van der Waals surface area contributed by atoms with Crippen molar-refractivity contribution in [2.75, 3.05) is 5.32 Å². The number of aryl methyl sites for hydroxylation is 1. The van der Waals surface area contributed by atoms with Crippen LogP contribution in [0.5, 0.6) is 0 Å². The summed E-state index contributed by atoms with van der Waals surface area (Å²) in [4.78, 5) is 0. The fourth-order valence-corrected chi connectivity index (χ4v) is 2.53. The van der Waals surface area contributed by atoms with Gasteiger partial charge in [-0.3, -0.25) is 0 Å². The first-order chi connectivity index (χ1) is 7.49. The summed E-state index contributed by atoms with van der Waals surface area (Å²) in [5, 5.41) is 3.53. The number of hydrogen-bond acceptors (Lipinski definition) is 1. The molecule has 1 fully saturated rings. The molecule has 1 aromatic rings. The van der Waals surface area contributed by atoms with Crippen molar-refractivity contribution in [3.05, 3.63) is 29.6 Å². The first-order valence-corrected chi connectivity index (χ1v) is 6.02.